The molecule has 1 rings (SSSR count). The van der Waals surface area contributed by atoms with Gasteiger partial charge in [-0.05, 0) is 51.0 Å². The SMILES string of the molecule is NCCCNCCCCCCCCCS(=O)(=O)c1ccccc1. The lowest BCUT2D eigenvalue weighted by molar-refractivity contribution is 0.555. The third-order valence-electron chi connectivity index (χ3n) is 3.93. The van der Waals surface area contributed by atoms with E-state index in [0.29, 0.717) is 4.90 Å². The lowest BCUT2D eigenvalue weighted by atomic mass is 10.1. The summed E-state index contributed by atoms with van der Waals surface area (Å²) in [6, 6.07) is 8.75. The van der Waals surface area contributed by atoms with Crippen molar-refractivity contribution in [2.24, 2.45) is 5.73 Å². The molecule has 0 spiro atoms. The standard InChI is InChI=1S/C18H32N2O2S/c19-14-11-16-20-15-9-4-2-1-3-5-10-17-23(21,22)18-12-7-6-8-13-18/h6-8,12-13,20H,1-5,9-11,14-17,19H2. The number of unbranched alkanes of at least 4 members (excludes halogenated alkanes) is 6. The largest absolute Gasteiger partial charge is 0.330 e. The van der Waals surface area contributed by atoms with Gasteiger partial charge in [0.05, 0.1) is 10.6 Å². The minimum Gasteiger partial charge on any atom is -0.330 e. The first-order valence-corrected chi connectivity index (χ1v) is 10.5. The van der Waals surface area contributed by atoms with E-state index in [0.717, 1.165) is 45.3 Å². The zero-order chi connectivity index (χ0) is 16.8. The van der Waals surface area contributed by atoms with Gasteiger partial charge in [-0.3, -0.25) is 0 Å². The van der Waals surface area contributed by atoms with Crippen LogP contribution in [-0.2, 0) is 9.84 Å². The van der Waals surface area contributed by atoms with Gasteiger partial charge in [-0.15, -0.1) is 0 Å². The second kappa shape index (κ2) is 12.5. The van der Waals surface area contributed by atoms with Gasteiger partial charge in [0, 0.05) is 0 Å². The fourth-order valence-corrected chi connectivity index (χ4v) is 3.92. The molecule has 0 heterocycles. The van der Waals surface area contributed by atoms with Crippen molar-refractivity contribution in [1.29, 1.82) is 0 Å². The fourth-order valence-electron chi connectivity index (χ4n) is 2.52. The lowest BCUT2D eigenvalue weighted by Crippen LogP contribution is -2.19. The van der Waals surface area contributed by atoms with Crippen LogP contribution < -0.4 is 11.1 Å². The number of hydrogen-bond acceptors (Lipinski definition) is 4. The number of hydrogen-bond donors (Lipinski definition) is 2. The zero-order valence-corrected chi connectivity index (χ0v) is 15.0. The summed E-state index contributed by atoms with van der Waals surface area (Å²) in [7, 11) is -3.09. The van der Waals surface area contributed by atoms with Crippen LogP contribution in [0.5, 0.6) is 0 Å². The molecule has 0 aliphatic heterocycles. The van der Waals surface area contributed by atoms with Crippen LogP contribution in [0.25, 0.3) is 0 Å². The third kappa shape index (κ3) is 9.74. The van der Waals surface area contributed by atoms with Crippen LogP contribution in [0.2, 0.25) is 0 Å². The number of nitrogens with two attached hydrogens (primary N) is 1. The van der Waals surface area contributed by atoms with E-state index in [1.54, 1.807) is 24.3 Å². The molecule has 0 atom stereocenters. The number of sulfone groups is 1. The van der Waals surface area contributed by atoms with E-state index >= 15 is 0 Å². The van der Waals surface area contributed by atoms with Crippen LogP contribution in [0.3, 0.4) is 0 Å². The van der Waals surface area contributed by atoms with E-state index in [1.807, 2.05) is 6.07 Å². The molecule has 1 aromatic carbocycles. The van der Waals surface area contributed by atoms with Crippen molar-refractivity contribution in [2.45, 2.75) is 56.3 Å². The van der Waals surface area contributed by atoms with Crippen LogP contribution in [-0.4, -0.2) is 33.8 Å². The van der Waals surface area contributed by atoms with Gasteiger partial charge in [0.15, 0.2) is 9.84 Å². The van der Waals surface area contributed by atoms with Crippen LogP contribution in [0.1, 0.15) is 51.4 Å². The fraction of sp³-hybridized carbons (Fsp3) is 0.667. The summed E-state index contributed by atoms with van der Waals surface area (Å²) >= 11 is 0. The molecule has 0 saturated carbocycles. The van der Waals surface area contributed by atoms with Crippen molar-refractivity contribution in [3.63, 3.8) is 0 Å². The molecule has 0 aliphatic rings. The van der Waals surface area contributed by atoms with E-state index in [9.17, 15) is 8.42 Å². The first-order chi connectivity index (χ1) is 11.2. The monoisotopic (exact) mass is 340 g/mol. The van der Waals surface area contributed by atoms with Gasteiger partial charge in [0.25, 0.3) is 0 Å². The Hall–Kier alpha value is -0.910. The van der Waals surface area contributed by atoms with Gasteiger partial charge >= 0.3 is 0 Å². The molecule has 0 unspecified atom stereocenters. The van der Waals surface area contributed by atoms with E-state index in [4.69, 9.17) is 5.73 Å². The summed E-state index contributed by atoms with van der Waals surface area (Å²) < 4.78 is 24.2. The topological polar surface area (TPSA) is 72.2 Å². The van der Waals surface area contributed by atoms with Crippen LogP contribution in [0.4, 0.5) is 0 Å². The Labute approximate surface area is 141 Å². The summed E-state index contributed by atoms with van der Waals surface area (Å²) in [4.78, 5) is 0.446. The maximum atomic E-state index is 12.1. The van der Waals surface area contributed by atoms with Crippen LogP contribution >= 0.6 is 0 Å². The molecule has 5 heteroatoms. The molecular formula is C18H32N2O2S. The van der Waals surface area contributed by atoms with Gasteiger partial charge in [0.2, 0.25) is 0 Å². The Balaban J connectivity index is 1.96. The van der Waals surface area contributed by atoms with Crippen molar-refractivity contribution in [3.05, 3.63) is 30.3 Å². The predicted octanol–water partition coefficient (Wildman–Crippen LogP) is 3.13. The molecule has 1 aromatic rings. The molecule has 3 N–H and O–H groups in total. The summed E-state index contributed by atoms with van der Waals surface area (Å²) in [6.07, 6.45) is 8.85. The average Bonchev–Trinajstić information content (AvgIpc) is 2.56. The highest BCUT2D eigenvalue weighted by molar-refractivity contribution is 7.91. The molecule has 0 radical (unpaired) electrons. The Morgan fingerprint density at radius 3 is 2.00 bits per heavy atom. The van der Waals surface area contributed by atoms with Gasteiger partial charge in [0.1, 0.15) is 0 Å². The second-order valence-electron chi connectivity index (χ2n) is 6.00. The average molecular weight is 341 g/mol. The number of benzene rings is 1. The van der Waals surface area contributed by atoms with Crippen molar-refractivity contribution in [2.75, 3.05) is 25.4 Å². The van der Waals surface area contributed by atoms with Gasteiger partial charge in [-0.25, -0.2) is 8.42 Å². The maximum absolute atomic E-state index is 12.1. The van der Waals surface area contributed by atoms with E-state index in [-0.39, 0.29) is 5.75 Å². The van der Waals surface area contributed by atoms with E-state index in [2.05, 4.69) is 5.32 Å². The zero-order valence-electron chi connectivity index (χ0n) is 14.2. The molecule has 0 saturated heterocycles. The minimum absolute atomic E-state index is 0.266. The molecule has 0 fully saturated rings. The second-order valence-corrected chi connectivity index (χ2v) is 8.11. The smallest absolute Gasteiger partial charge is 0.178 e. The summed E-state index contributed by atoms with van der Waals surface area (Å²) in [5.74, 6) is 0.266. The van der Waals surface area contributed by atoms with Crippen molar-refractivity contribution >= 4 is 9.84 Å². The summed E-state index contributed by atoms with van der Waals surface area (Å²) in [6.45, 7) is 2.86. The number of rotatable bonds is 14. The first-order valence-electron chi connectivity index (χ1n) is 8.85. The van der Waals surface area contributed by atoms with Crippen LogP contribution in [0.15, 0.2) is 35.2 Å². The van der Waals surface area contributed by atoms with Gasteiger partial charge < -0.3 is 11.1 Å². The summed E-state index contributed by atoms with van der Waals surface area (Å²) in [5.41, 5.74) is 5.43. The Morgan fingerprint density at radius 1 is 0.783 bits per heavy atom. The third-order valence-corrected chi connectivity index (χ3v) is 5.74. The maximum Gasteiger partial charge on any atom is 0.178 e. The highest BCUT2D eigenvalue weighted by atomic mass is 32.2. The van der Waals surface area contributed by atoms with Crippen molar-refractivity contribution in [1.82, 2.24) is 5.32 Å². The lowest BCUT2D eigenvalue weighted by Gasteiger charge is -2.05. The molecular weight excluding hydrogens is 308 g/mol. The predicted molar refractivity (Wildman–Crippen MR) is 97.4 cm³/mol. The molecule has 4 nitrogen and oxygen atoms in total. The minimum atomic E-state index is -3.09. The summed E-state index contributed by atoms with van der Waals surface area (Å²) in [5, 5.41) is 3.38. The van der Waals surface area contributed by atoms with E-state index in [1.165, 1.54) is 25.7 Å². The van der Waals surface area contributed by atoms with Gasteiger partial charge in [-0.1, -0.05) is 50.3 Å². The quantitative estimate of drug-likeness (QED) is 0.510. The normalized spacial score (nSPS) is 11.7. The van der Waals surface area contributed by atoms with Crippen molar-refractivity contribution < 1.29 is 8.42 Å². The molecule has 0 amide bonds. The first kappa shape index (κ1) is 20.1. The highest BCUT2D eigenvalue weighted by Crippen LogP contribution is 2.13. The molecule has 0 aliphatic carbocycles. The van der Waals surface area contributed by atoms with Gasteiger partial charge in [-0.2, -0.15) is 0 Å². The number of nitrogens with one attached hydrogen (secondary N) is 1. The Morgan fingerprint density at radius 2 is 1.35 bits per heavy atom. The Bertz CT molecular complexity index is 489. The Kier molecular flexibility index (Phi) is 10.9. The molecule has 132 valence electrons. The molecule has 23 heavy (non-hydrogen) atoms. The highest BCUT2D eigenvalue weighted by Gasteiger charge is 2.12. The van der Waals surface area contributed by atoms with Crippen LogP contribution in [0, 0.1) is 0 Å². The molecule has 0 aromatic heterocycles. The van der Waals surface area contributed by atoms with Crippen molar-refractivity contribution in [3.8, 4) is 0 Å². The van der Waals surface area contributed by atoms with E-state index < -0.39 is 9.84 Å². The molecule has 0 bridgehead atoms.